The molecule has 3 aromatic rings. The van der Waals surface area contributed by atoms with Crippen molar-refractivity contribution >= 4 is 11.8 Å². The highest BCUT2D eigenvalue weighted by atomic mass is 32.2. The fourth-order valence-corrected chi connectivity index (χ4v) is 3.24. The molecular formula is C19H18FN3S. The number of hydrogen-bond donors (Lipinski definition) is 0. The average Bonchev–Trinajstić information content (AvgIpc) is 2.98. The van der Waals surface area contributed by atoms with Crippen LogP contribution in [0.5, 0.6) is 0 Å². The van der Waals surface area contributed by atoms with Crippen LogP contribution in [0.2, 0.25) is 0 Å². The lowest BCUT2D eigenvalue weighted by Gasteiger charge is -2.08. The molecule has 0 radical (unpaired) electrons. The van der Waals surface area contributed by atoms with Crippen LogP contribution in [0, 0.1) is 12.7 Å². The number of aromatic nitrogens is 3. The molecule has 3 nitrogen and oxygen atoms in total. The summed E-state index contributed by atoms with van der Waals surface area (Å²) in [6.45, 7) is 6.49. The van der Waals surface area contributed by atoms with Gasteiger partial charge in [0, 0.05) is 17.9 Å². The second kappa shape index (κ2) is 7.45. The lowest BCUT2D eigenvalue weighted by atomic mass is 10.2. The van der Waals surface area contributed by atoms with E-state index in [9.17, 15) is 4.39 Å². The zero-order chi connectivity index (χ0) is 16.9. The molecule has 3 rings (SSSR count). The molecular weight excluding hydrogens is 321 g/mol. The van der Waals surface area contributed by atoms with Gasteiger partial charge in [0.15, 0.2) is 11.0 Å². The third-order valence-electron chi connectivity index (χ3n) is 3.62. The number of allylic oxidation sites excluding steroid dienone is 1. The van der Waals surface area contributed by atoms with Crippen LogP contribution in [0.3, 0.4) is 0 Å². The molecule has 0 aliphatic carbocycles. The van der Waals surface area contributed by atoms with Gasteiger partial charge in [-0.2, -0.15) is 0 Å². The SMILES string of the molecule is C=CCn1c(SCc2ccc(C)cc2)nnc1-c1ccc(F)cc1. The predicted molar refractivity (Wildman–Crippen MR) is 96.4 cm³/mol. The quantitative estimate of drug-likeness (QED) is 0.474. The summed E-state index contributed by atoms with van der Waals surface area (Å²) in [5, 5.41) is 9.41. The molecule has 0 fully saturated rings. The van der Waals surface area contributed by atoms with Gasteiger partial charge < -0.3 is 0 Å². The summed E-state index contributed by atoms with van der Waals surface area (Å²) < 4.78 is 15.1. The fraction of sp³-hybridized carbons (Fsp3) is 0.158. The Morgan fingerprint density at radius 3 is 2.46 bits per heavy atom. The Morgan fingerprint density at radius 1 is 1.08 bits per heavy atom. The van der Waals surface area contributed by atoms with Crippen molar-refractivity contribution in [1.82, 2.24) is 14.8 Å². The van der Waals surface area contributed by atoms with Gasteiger partial charge in [-0.05, 0) is 36.8 Å². The number of thioether (sulfide) groups is 1. The third-order valence-corrected chi connectivity index (χ3v) is 4.66. The molecule has 24 heavy (non-hydrogen) atoms. The number of rotatable bonds is 6. The number of halogens is 1. The summed E-state index contributed by atoms with van der Waals surface area (Å²) >= 11 is 1.63. The summed E-state index contributed by atoms with van der Waals surface area (Å²) in [7, 11) is 0. The largest absolute Gasteiger partial charge is 0.298 e. The molecule has 0 aliphatic heterocycles. The topological polar surface area (TPSA) is 30.7 Å². The molecule has 0 bridgehead atoms. The number of benzene rings is 2. The van der Waals surface area contributed by atoms with E-state index >= 15 is 0 Å². The number of nitrogens with zero attached hydrogens (tertiary/aromatic N) is 3. The lowest BCUT2D eigenvalue weighted by Crippen LogP contribution is -2.00. The van der Waals surface area contributed by atoms with Crippen LogP contribution < -0.4 is 0 Å². The standard InChI is InChI=1S/C19H18FN3S/c1-3-12-23-18(16-8-10-17(20)11-9-16)21-22-19(23)24-13-15-6-4-14(2)5-7-15/h3-11H,1,12-13H2,2H3. The van der Waals surface area contributed by atoms with Gasteiger partial charge in [0.1, 0.15) is 5.82 Å². The second-order valence-electron chi connectivity index (χ2n) is 5.49. The average molecular weight is 339 g/mol. The maximum absolute atomic E-state index is 13.1. The molecule has 122 valence electrons. The Kier molecular flexibility index (Phi) is 5.11. The second-order valence-corrected chi connectivity index (χ2v) is 6.43. The summed E-state index contributed by atoms with van der Waals surface area (Å²) in [5.41, 5.74) is 3.33. The van der Waals surface area contributed by atoms with Gasteiger partial charge in [-0.3, -0.25) is 4.57 Å². The molecule has 1 heterocycles. The van der Waals surface area contributed by atoms with Crippen LogP contribution in [0.1, 0.15) is 11.1 Å². The highest BCUT2D eigenvalue weighted by Gasteiger charge is 2.13. The zero-order valence-electron chi connectivity index (χ0n) is 13.4. The van der Waals surface area contributed by atoms with Crippen molar-refractivity contribution in [3.8, 4) is 11.4 Å². The van der Waals surface area contributed by atoms with Crippen molar-refractivity contribution in [2.75, 3.05) is 0 Å². The maximum atomic E-state index is 13.1. The van der Waals surface area contributed by atoms with E-state index in [0.29, 0.717) is 6.54 Å². The first kappa shape index (κ1) is 16.5. The maximum Gasteiger partial charge on any atom is 0.192 e. The highest BCUT2D eigenvalue weighted by Crippen LogP contribution is 2.26. The van der Waals surface area contributed by atoms with Crippen molar-refractivity contribution in [2.45, 2.75) is 24.4 Å². The van der Waals surface area contributed by atoms with Crippen LogP contribution in [-0.2, 0) is 12.3 Å². The molecule has 0 aliphatic rings. The first-order chi connectivity index (χ1) is 11.7. The zero-order valence-corrected chi connectivity index (χ0v) is 14.3. The molecule has 0 unspecified atom stereocenters. The fourth-order valence-electron chi connectivity index (χ4n) is 2.33. The number of hydrogen-bond acceptors (Lipinski definition) is 3. The first-order valence-electron chi connectivity index (χ1n) is 7.66. The van der Waals surface area contributed by atoms with E-state index < -0.39 is 0 Å². The van der Waals surface area contributed by atoms with Crippen molar-refractivity contribution in [1.29, 1.82) is 0 Å². The lowest BCUT2D eigenvalue weighted by molar-refractivity contribution is 0.628. The molecule has 0 N–H and O–H groups in total. The van der Waals surface area contributed by atoms with Gasteiger partial charge in [-0.1, -0.05) is 47.7 Å². The van der Waals surface area contributed by atoms with Gasteiger partial charge in [-0.25, -0.2) is 4.39 Å². The summed E-state index contributed by atoms with van der Waals surface area (Å²) in [5.74, 6) is 1.28. The predicted octanol–water partition coefficient (Wildman–Crippen LogP) is 4.87. The highest BCUT2D eigenvalue weighted by molar-refractivity contribution is 7.98. The summed E-state index contributed by atoms with van der Waals surface area (Å²) in [4.78, 5) is 0. The van der Waals surface area contributed by atoms with Crippen molar-refractivity contribution < 1.29 is 4.39 Å². The van der Waals surface area contributed by atoms with Crippen molar-refractivity contribution in [3.63, 3.8) is 0 Å². The van der Waals surface area contributed by atoms with E-state index in [1.165, 1.54) is 23.3 Å². The van der Waals surface area contributed by atoms with Gasteiger partial charge in [-0.15, -0.1) is 16.8 Å². The van der Waals surface area contributed by atoms with Crippen molar-refractivity contribution in [3.05, 3.63) is 78.1 Å². The van der Waals surface area contributed by atoms with Crippen LogP contribution in [0.4, 0.5) is 4.39 Å². The Balaban J connectivity index is 1.84. The van der Waals surface area contributed by atoms with E-state index in [0.717, 1.165) is 22.3 Å². The van der Waals surface area contributed by atoms with E-state index in [4.69, 9.17) is 0 Å². The molecule has 0 spiro atoms. The molecule has 0 saturated heterocycles. The van der Waals surface area contributed by atoms with Gasteiger partial charge in [0.2, 0.25) is 0 Å². The molecule has 0 atom stereocenters. The van der Waals surface area contributed by atoms with E-state index in [1.807, 2.05) is 10.6 Å². The summed E-state index contributed by atoms with van der Waals surface area (Å²) in [6, 6.07) is 14.8. The first-order valence-corrected chi connectivity index (χ1v) is 8.64. The third kappa shape index (κ3) is 3.74. The molecule has 1 aromatic heterocycles. The normalized spacial score (nSPS) is 10.8. The van der Waals surface area contributed by atoms with Crippen LogP contribution in [-0.4, -0.2) is 14.8 Å². The van der Waals surface area contributed by atoms with E-state index in [1.54, 1.807) is 23.9 Å². The Bertz CT molecular complexity index is 823. The monoisotopic (exact) mass is 339 g/mol. The minimum Gasteiger partial charge on any atom is -0.298 e. The van der Waals surface area contributed by atoms with Gasteiger partial charge >= 0.3 is 0 Å². The summed E-state index contributed by atoms with van der Waals surface area (Å²) in [6.07, 6.45) is 1.81. The van der Waals surface area contributed by atoms with E-state index in [2.05, 4.69) is 48.0 Å². The molecule has 0 amide bonds. The van der Waals surface area contributed by atoms with Crippen molar-refractivity contribution in [2.24, 2.45) is 0 Å². The van der Waals surface area contributed by atoms with Gasteiger partial charge in [0.25, 0.3) is 0 Å². The van der Waals surface area contributed by atoms with Crippen LogP contribution >= 0.6 is 11.8 Å². The van der Waals surface area contributed by atoms with Gasteiger partial charge in [0.05, 0.1) is 0 Å². The smallest absolute Gasteiger partial charge is 0.192 e. The number of aryl methyl sites for hydroxylation is 1. The molecule has 0 saturated carbocycles. The molecule has 5 heteroatoms. The van der Waals surface area contributed by atoms with Crippen LogP contribution in [0.15, 0.2) is 66.3 Å². The van der Waals surface area contributed by atoms with Crippen LogP contribution in [0.25, 0.3) is 11.4 Å². The Hall–Kier alpha value is -2.40. The Labute approximate surface area is 145 Å². The van der Waals surface area contributed by atoms with E-state index in [-0.39, 0.29) is 5.82 Å². The molecule has 2 aromatic carbocycles. The Morgan fingerprint density at radius 2 is 1.79 bits per heavy atom. The minimum absolute atomic E-state index is 0.262. The minimum atomic E-state index is -0.262.